The van der Waals surface area contributed by atoms with Crippen LogP contribution in [0.1, 0.15) is 5.56 Å². The normalized spacial score (nSPS) is 11.2. The van der Waals surface area contributed by atoms with Crippen LogP contribution in [-0.2, 0) is 10.0 Å². The Morgan fingerprint density at radius 3 is 2.38 bits per heavy atom. The fraction of sp³-hybridized carbons (Fsp3) is 0.0588. The third-order valence-corrected chi connectivity index (χ3v) is 6.06. The highest BCUT2D eigenvalue weighted by atomic mass is 79.9. The molecule has 3 rings (SSSR count). The second kappa shape index (κ2) is 7.56. The highest BCUT2D eigenvalue weighted by Gasteiger charge is 2.18. The number of anilines is 1. The van der Waals surface area contributed by atoms with Gasteiger partial charge in [-0.25, -0.2) is 22.9 Å². The number of aryl methyl sites for hydroxylation is 1. The Labute approximate surface area is 163 Å². The number of halogens is 1. The van der Waals surface area contributed by atoms with Crippen molar-refractivity contribution in [3.63, 3.8) is 0 Å². The fourth-order valence-corrected chi connectivity index (χ4v) is 3.99. The van der Waals surface area contributed by atoms with E-state index in [1.807, 2.05) is 35.9 Å². The van der Waals surface area contributed by atoms with Gasteiger partial charge in [-0.1, -0.05) is 45.8 Å². The Balaban J connectivity index is 1.68. The first-order chi connectivity index (χ1) is 12.3. The van der Waals surface area contributed by atoms with Gasteiger partial charge in [0.1, 0.15) is 0 Å². The molecule has 0 fully saturated rings. The average molecular weight is 452 g/mol. The summed E-state index contributed by atoms with van der Waals surface area (Å²) in [5, 5.41) is 4.54. The first-order valence-electron chi connectivity index (χ1n) is 7.45. The van der Waals surface area contributed by atoms with Gasteiger partial charge in [0.15, 0.2) is 5.13 Å². The van der Waals surface area contributed by atoms with Crippen LogP contribution in [-0.4, -0.2) is 19.4 Å². The van der Waals surface area contributed by atoms with Crippen LogP contribution >= 0.6 is 27.3 Å². The molecule has 134 valence electrons. The third-order valence-electron chi connectivity index (χ3n) is 3.42. The maximum atomic E-state index is 12.2. The minimum atomic E-state index is -3.94. The molecule has 0 saturated carbocycles. The predicted octanol–water partition coefficient (Wildman–Crippen LogP) is 4.39. The zero-order valence-corrected chi connectivity index (χ0v) is 16.8. The number of aromatic nitrogens is 1. The lowest BCUT2D eigenvalue weighted by Gasteiger charge is -2.07. The first-order valence-corrected chi connectivity index (χ1v) is 10.6. The summed E-state index contributed by atoms with van der Waals surface area (Å²) in [6, 6.07) is 12.9. The van der Waals surface area contributed by atoms with E-state index in [4.69, 9.17) is 0 Å². The van der Waals surface area contributed by atoms with Gasteiger partial charge in [0.05, 0.1) is 10.6 Å². The number of carbonyl (C=O) groups excluding carboxylic acids is 1. The van der Waals surface area contributed by atoms with E-state index in [-0.39, 0.29) is 4.90 Å². The van der Waals surface area contributed by atoms with Gasteiger partial charge >= 0.3 is 6.03 Å². The lowest BCUT2D eigenvalue weighted by atomic mass is 10.2. The molecule has 0 bridgehead atoms. The predicted molar refractivity (Wildman–Crippen MR) is 106 cm³/mol. The number of sulfonamides is 1. The molecule has 26 heavy (non-hydrogen) atoms. The minimum absolute atomic E-state index is 0.0212. The second-order valence-electron chi connectivity index (χ2n) is 5.42. The van der Waals surface area contributed by atoms with Gasteiger partial charge in [-0.15, -0.1) is 11.3 Å². The Morgan fingerprint density at radius 2 is 1.73 bits per heavy atom. The van der Waals surface area contributed by atoms with Crippen LogP contribution in [0.15, 0.2) is 63.3 Å². The summed E-state index contributed by atoms with van der Waals surface area (Å²) in [5.41, 5.74) is 2.51. The second-order valence-corrected chi connectivity index (χ2v) is 8.87. The molecular weight excluding hydrogens is 438 g/mol. The summed E-state index contributed by atoms with van der Waals surface area (Å²) < 4.78 is 27.4. The summed E-state index contributed by atoms with van der Waals surface area (Å²) in [4.78, 5) is 16.3. The number of amides is 2. The number of thiazole rings is 1. The van der Waals surface area contributed by atoms with Crippen LogP contribution in [0.25, 0.3) is 11.3 Å². The molecular formula is C17H14BrN3O3S2. The number of rotatable bonds is 4. The molecule has 0 aliphatic carbocycles. The van der Waals surface area contributed by atoms with Crippen molar-refractivity contribution in [1.82, 2.24) is 9.71 Å². The molecule has 0 atom stereocenters. The number of nitrogens with zero attached hydrogens (tertiary/aromatic N) is 1. The lowest BCUT2D eigenvalue weighted by Crippen LogP contribution is -2.34. The molecule has 0 aliphatic heterocycles. The van der Waals surface area contributed by atoms with Gasteiger partial charge in [0.25, 0.3) is 10.0 Å². The van der Waals surface area contributed by atoms with Crippen molar-refractivity contribution in [2.24, 2.45) is 0 Å². The van der Waals surface area contributed by atoms with Crippen LogP contribution in [0, 0.1) is 6.92 Å². The number of hydrogen-bond donors (Lipinski definition) is 2. The number of hydrogen-bond acceptors (Lipinski definition) is 5. The summed E-state index contributed by atoms with van der Waals surface area (Å²) in [7, 11) is -3.94. The van der Waals surface area contributed by atoms with E-state index >= 15 is 0 Å². The molecule has 0 radical (unpaired) electrons. The van der Waals surface area contributed by atoms with Gasteiger partial charge in [-0.3, -0.25) is 5.32 Å². The quantitative estimate of drug-likeness (QED) is 0.615. The van der Waals surface area contributed by atoms with Crippen LogP contribution < -0.4 is 10.0 Å². The van der Waals surface area contributed by atoms with Crippen molar-refractivity contribution in [3.8, 4) is 11.3 Å². The minimum Gasteiger partial charge on any atom is -0.283 e. The standard InChI is InChI=1S/C17H14BrN3O3S2/c1-11-2-8-14(9-3-11)26(23,24)21-16(22)20-17-19-15(10-25-17)12-4-6-13(18)7-5-12/h2-10H,1H3,(H2,19,20,21,22). The molecule has 9 heteroatoms. The van der Waals surface area contributed by atoms with Crippen LogP contribution in [0.4, 0.5) is 9.93 Å². The average Bonchev–Trinajstić information content (AvgIpc) is 3.03. The van der Waals surface area contributed by atoms with Crippen molar-refractivity contribution >= 4 is 48.5 Å². The molecule has 0 spiro atoms. The van der Waals surface area contributed by atoms with Crippen LogP contribution in [0.3, 0.4) is 0 Å². The van der Waals surface area contributed by atoms with E-state index in [0.29, 0.717) is 10.8 Å². The lowest BCUT2D eigenvalue weighted by molar-refractivity contribution is 0.256. The third kappa shape index (κ3) is 4.48. The Kier molecular flexibility index (Phi) is 5.40. The Hall–Kier alpha value is -2.23. The molecule has 6 nitrogen and oxygen atoms in total. The van der Waals surface area contributed by atoms with E-state index < -0.39 is 16.1 Å². The van der Waals surface area contributed by atoms with Crippen LogP contribution in [0.2, 0.25) is 0 Å². The Bertz CT molecular complexity index is 1030. The summed E-state index contributed by atoms with van der Waals surface area (Å²) >= 11 is 4.58. The van der Waals surface area contributed by atoms with E-state index in [9.17, 15) is 13.2 Å². The van der Waals surface area contributed by atoms with Gasteiger partial charge in [-0.2, -0.15) is 0 Å². The number of carbonyl (C=O) groups is 1. The molecule has 2 amide bonds. The van der Waals surface area contributed by atoms with Crippen molar-refractivity contribution in [2.45, 2.75) is 11.8 Å². The first kappa shape index (κ1) is 18.6. The maximum absolute atomic E-state index is 12.2. The highest BCUT2D eigenvalue weighted by molar-refractivity contribution is 9.10. The monoisotopic (exact) mass is 451 g/mol. The number of benzene rings is 2. The number of urea groups is 1. The van der Waals surface area contributed by atoms with Crippen molar-refractivity contribution in [1.29, 1.82) is 0 Å². The van der Waals surface area contributed by atoms with Gasteiger partial charge in [0, 0.05) is 15.4 Å². The summed E-state index contributed by atoms with van der Waals surface area (Å²) in [5.74, 6) is 0. The molecule has 2 N–H and O–H groups in total. The highest BCUT2D eigenvalue weighted by Crippen LogP contribution is 2.26. The molecule has 3 aromatic rings. The van der Waals surface area contributed by atoms with Crippen molar-refractivity contribution < 1.29 is 13.2 Å². The zero-order valence-electron chi connectivity index (χ0n) is 13.6. The van der Waals surface area contributed by atoms with Crippen molar-refractivity contribution in [3.05, 3.63) is 63.9 Å². The van der Waals surface area contributed by atoms with E-state index in [0.717, 1.165) is 15.6 Å². The largest absolute Gasteiger partial charge is 0.334 e. The van der Waals surface area contributed by atoms with Gasteiger partial charge in [-0.05, 0) is 31.2 Å². The van der Waals surface area contributed by atoms with Crippen molar-refractivity contribution in [2.75, 3.05) is 5.32 Å². The maximum Gasteiger partial charge on any atom is 0.334 e. The van der Waals surface area contributed by atoms with Crippen LogP contribution in [0.5, 0.6) is 0 Å². The Morgan fingerprint density at radius 1 is 1.08 bits per heavy atom. The van der Waals surface area contributed by atoms with E-state index in [1.165, 1.54) is 23.5 Å². The molecule has 0 saturated heterocycles. The van der Waals surface area contributed by atoms with E-state index in [2.05, 4.69) is 26.2 Å². The van der Waals surface area contributed by atoms with Gasteiger partial charge in [0.2, 0.25) is 0 Å². The number of nitrogens with one attached hydrogen (secondary N) is 2. The fourth-order valence-electron chi connectivity index (χ4n) is 2.11. The topological polar surface area (TPSA) is 88.2 Å². The zero-order chi connectivity index (χ0) is 18.7. The molecule has 0 unspecified atom stereocenters. The summed E-state index contributed by atoms with van der Waals surface area (Å²) in [6.07, 6.45) is 0. The molecule has 2 aromatic carbocycles. The molecule has 0 aliphatic rings. The molecule has 1 heterocycles. The van der Waals surface area contributed by atoms with E-state index in [1.54, 1.807) is 17.5 Å². The molecule has 1 aromatic heterocycles. The van der Waals surface area contributed by atoms with Gasteiger partial charge < -0.3 is 0 Å². The smallest absolute Gasteiger partial charge is 0.283 e. The SMILES string of the molecule is Cc1ccc(S(=O)(=O)NC(=O)Nc2nc(-c3ccc(Br)cc3)cs2)cc1. The summed E-state index contributed by atoms with van der Waals surface area (Å²) in [6.45, 7) is 1.85.